The van der Waals surface area contributed by atoms with E-state index in [2.05, 4.69) is 25.3 Å². The summed E-state index contributed by atoms with van der Waals surface area (Å²) in [7, 11) is 0. The molecule has 3 rings (SSSR count). The van der Waals surface area contributed by atoms with Gasteiger partial charge < -0.3 is 20.1 Å². The fraction of sp³-hybridized carbons (Fsp3) is 0.765. The van der Waals surface area contributed by atoms with E-state index in [0.29, 0.717) is 12.6 Å². The molecule has 3 heterocycles. The average Bonchev–Trinajstić information content (AvgIpc) is 2.62. The molecule has 1 aromatic rings. The highest BCUT2D eigenvalue weighted by molar-refractivity contribution is 5.38. The van der Waals surface area contributed by atoms with Crippen LogP contribution in [-0.4, -0.2) is 84.8 Å². The van der Waals surface area contributed by atoms with Crippen molar-refractivity contribution in [3.8, 4) is 0 Å². The van der Waals surface area contributed by atoms with E-state index in [1.165, 1.54) is 0 Å². The third-order valence-electron chi connectivity index (χ3n) is 4.74. The summed E-state index contributed by atoms with van der Waals surface area (Å²) in [5.74, 6) is 0.945. The summed E-state index contributed by atoms with van der Waals surface area (Å²) < 4.78 is 5.34. The van der Waals surface area contributed by atoms with Gasteiger partial charge in [0, 0.05) is 45.3 Å². The van der Waals surface area contributed by atoms with Crippen LogP contribution in [0.25, 0.3) is 0 Å². The molecule has 2 fully saturated rings. The summed E-state index contributed by atoms with van der Waals surface area (Å²) in [5, 5.41) is 22.2. The zero-order valence-corrected chi connectivity index (χ0v) is 14.5. The zero-order valence-electron chi connectivity index (χ0n) is 14.5. The molecular formula is C17H29N5O2. The maximum atomic E-state index is 10.3. The molecule has 2 N–H and O–H groups in total. The number of ether oxygens (including phenoxy) is 1. The van der Waals surface area contributed by atoms with Crippen LogP contribution in [0.1, 0.15) is 18.5 Å². The third kappa shape index (κ3) is 5.11. The Morgan fingerprint density at radius 3 is 2.88 bits per heavy atom. The van der Waals surface area contributed by atoms with Crippen molar-refractivity contribution < 1.29 is 9.84 Å². The minimum absolute atomic E-state index is 0.336. The minimum atomic E-state index is -0.336. The van der Waals surface area contributed by atoms with Crippen LogP contribution in [0.2, 0.25) is 0 Å². The predicted octanol–water partition coefficient (Wildman–Crippen LogP) is 0.0365. The first-order valence-corrected chi connectivity index (χ1v) is 8.97. The molecule has 1 aromatic heterocycles. The van der Waals surface area contributed by atoms with E-state index in [-0.39, 0.29) is 6.10 Å². The summed E-state index contributed by atoms with van der Waals surface area (Å²) in [4.78, 5) is 4.55. The number of aryl methyl sites for hydroxylation is 1. The van der Waals surface area contributed by atoms with Gasteiger partial charge in [0.2, 0.25) is 0 Å². The largest absolute Gasteiger partial charge is 0.390 e. The number of aliphatic hydroxyl groups excluding tert-OH is 1. The summed E-state index contributed by atoms with van der Waals surface area (Å²) in [5.41, 5.74) is 0.941. The van der Waals surface area contributed by atoms with Crippen molar-refractivity contribution >= 4 is 5.82 Å². The number of aliphatic hydroxyl groups is 1. The first kappa shape index (κ1) is 17.5. The van der Waals surface area contributed by atoms with Gasteiger partial charge in [-0.1, -0.05) is 0 Å². The second-order valence-electron chi connectivity index (χ2n) is 6.79. The van der Waals surface area contributed by atoms with Gasteiger partial charge in [0.1, 0.15) is 0 Å². The lowest BCUT2D eigenvalue weighted by molar-refractivity contribution is 0.0144. The molecule has 0 aliphatic carbocycles. The molecule has 0 spiro atoms. The van der Waals surface area contributed by atoms with E-state index in [1.807, 2.05) is 19.1 Å². The van der Waals surface area contributed by atoms with Crippen LogP contribution < -0.4 is 10.2 Å². The van der Waals surface area contributed by atoms with Gasteiger partial charge in [0.25, 0.3) is 0 Å². The molecule has 0 aromatic carbocycles. The van der Waals surface area contributed by atoms with Gasteiger partial charge in [-0.2, -0.15) is 5.10 Å². The number of anilines is 1. The van der Waals surface area contributed by atoms with E-state index < -0.39 is 0 Å². The van der Waals surface area contributed by atoms with E-state index >= 15 is 0 Å². The molecule has 0 amide bonds. The molecule has 7 nitrogen and oxygen atoms in total. The average molecular weight is 335 g/mol. The Bertz CT molecular complexity index is 492. The Morgan fingerprint density at radius 1 is 1.29 bits per heavy atom. The lowest BCUT2D eigenvalue weighted by Gasteiger charge is -2.34. The van der Waals surface area contributed by atoms with Crippen LogP contribution in [0.4, 0.5) is 5.82 Å². The first-order valence-electron chi connectivity index (χ1n) is 8.97. The van der Waals surface area contributed by atoms with Crippen molar-refractivity contribution in [3.63, 3.8) is 0 Å². The fourth-order valence-electron chi connectivity index (χ4n) is 3.36. The van der Waals surface area contributed by atoms with Crippen molar-refractivity contribution in [3.05, 3.63) is 17.8 Å². The number of nitrogens with zero attached hydrogens (tertiary/aromatic N) is 4. The van der Waals surface area contributed by atoms with E-state index in [0.717, 1.165) is 70.3 Å². The molecule has 0 bridgehead atoms. The second kappa shape index (κ2) is 8.71. The van der Waals surface area contributed by atoms with Crippen molar-refractivity contribution in [2.75, 3.05) is 57.4 Å². The highest BCUT2D eigenvalue weighted by atomic mass is 16.5. The van der Waals surface area contributed by atoms with Crippen LogP contribution in [0.3, 0.4) is 0 Å². The van der Waals surface area contributed by atoms with Crippen molar-refractivity contribution in [2.45, 2.75) is 31.9 Å². The van der Waals surface area contributed by atoms with Gasteiger partial charge in [-0.05, 0) is 31.9 Å². The maximum Gasteiger partial charge on any atom is 0.151 e. The van der Waals surface area contributed by atoms with E-state index in [1.54, 1.807) is 0 Å². The quantitative estimate of drug-likeness (QED) is 0.760. The molecule has 24 heavy (non-hydrogen) atoms. The molecule has 0 radical (unpaired) electrons. The van der Waals surface area contributed by atoms with E-state index in [4.69, 9.17) is 4.74 Å². The molecule has 2 aliphatic heterocycles. The molecule has 2 saturated heterocycles. The first-order chi connectivity index (χ1) is 11.7. The summed E-state index contributed by atoms with van der Waals surface area (Å²) in [6.07, 6.45) is 1.94. The lowest BCUT2D eigenvalue weighted by atomic mass is 10.1. The zero-order chi connectivity index (χ0) is 16.8. The van der Waals surface area contributed by atoms with Gasteiger partial charge in [-0.25, -0.2) is 0 Å². The van der Waals surface area contributed by atoms with Crippen LogP contribution in [0.5, 0.6) is 0 Å². The number of aromatic nitrogens is 2. The highest BCUT2D eigenvalue weighted by Crippen LogP contribution is 2.17. The molecule has 2 aliphatic rings. The third-order valence-corrected chi connectivity index (χ3v) is 4.74. The lowest BCUT2D eigenvalue weighted by Crippen LogP contribution is -2.50. The van der Waals surface area contributed by atoms with Crippen LogP contribution in [0, 0.1) is 6.92 Å². The smallest absolute Gasteiger partial charge is 0.151 e. The van der Waals surface area contributed by atoms with Crippen LogP contribution in [-0.2, 0) is 4.74 Å². The number of hydrogen-bond acceptors (Lipinski definition) is 7. The monoisotopic (exact) mass is 335 g/mol. The number of morpholine rings is 1. The second-order valence-corrected chi connectivity index (χ2v) is 6.79. The summed E-state index contributed by atoms with van der Waals surface area (Å²) in [6, 6.07) is 4.44. The Morgan fingerprint density at radius 2 is 2.12 bits per heavy atom. The number of hydrogen-bond donors (Lipinski definition) is 2. The highest BCUT2D eigenvalue weighted by Gasteiger charge is 2.22. The van der Waals surface area contributed by atoms with Gasteiger partial charge in [0.05, 0.1) is 25.0 Å². The van der Waals surface area contributed by atoms with Crippen molar-refractivity contribution in [1.29, 1.82) is 0 Å². The Labute approximate surface area is 144 Å². The molecule has 0 saturated carbocycles. The van der Waals surface area contributed by atoms with Gasteiger partial charge >= 0.3 is 0 Å². The van der Waals surface area contributed by atoms with Gasteiger partial charge in [-0.15, -0.1) is 5.10 Å². The van der Waals surface area contributed by atoms with Crippen molar-refractivity contribution in [2.24, 2.45) is 0 Å². The fourth-order valence-corrected chi connectivity index (χ4v) is 3.36. The normalized spacial score (nSPS) is 24.1. The number of rotatable bonds is 6. The standard InChI is InChI=1S/C17H29N5O2/c1-14-4-5-17(20-19-14)22-6-2-3-15(12-22)18-11-16(23)13-21-7-9-24-10-8-21/h4-5,15-16,18,23H,2-3,6-13H2,1H3/t15-,16+/m0/s1. The summed E-state index contributed by atoms with van der Waals surface area (Å²) >= 11 is 0. The molecule has 2 atom stereocenters. The molecular weight excluding hydrogens is 306 g/mol. The number of piperidine rings is 1. The molecule has 134 valence electrons. The SMILES string of the molecule is Cc1ccc(N2CCC[C@H](NC[C@@H](O)CN3CCOCC3)C2)nn1. The Kier molecular flexibility index (Phi) is 6.37. The number of nitrogens with one attached hydrogen (secondary N) is 1. The van der Waals surface area contributed by atoms with Gasteiger partial charge in [0.15, 0.2) is 5.82 Å². The van der Waals surface area contributed by atoms with Gasteiger partial charge in [-0.3, -0.25) is 4.90 Å². The Hall–Kier alpha value is -1.28. The van der Waals surface area contributed by atoms with E-state index in [9.17, 15) is 5.11 Å². The molecule has 7 heteroatoms. The Balaban J connectivity index is 1.42. The number of β-amino-alcohol motifs (C(OH)–C–C–N with tert-alkyl or cyclic N) is 1. The maximum absolute atomic E-state index is 10.3. The molecule has 0 unspecified atom stereocenters. The van der Waals surface area contributed by atoms with Crippen molar-refractivity contribution in [1.82, 2.24) is 20.4 Å². The predicted molar refractivity (Wildman–Crippen MR) is 93.3 cm³/mol. The summed E-state index contributed by atoms with van der Waals surface area (Å²) in [6.45, 7) is 8.62. The topological polar surface area (TPSA) is 73.8 Å². The van der Waals surface area contributed by atoms with Crippen LogP contribution in [0.15, 0.2) is 12.1 Å². The van der Waals surface area contributed by atoms with Crippen LogP contribution >= 0.6 is 0 Å². The minimum Gasteiger partial charge on any atom is -0.390 e.